The molecule has 10 nitrogen and oxygen atoms in total. The molecule has 2 amide bonds. The number of halogens is 1. The molecule has 2 aliphatic rings. The van der Waals surface area contributed by atoms with Crippen LogP contribution in [0.4, 0.5) is 10.3 Å². The van der Waals surface area contributed by atoms with Gasteiger partial charge < -0.3 is 20.1 Å². The monoisotopic (exact) mass is 566 g/mol. The molecule has 1 aliphatic heterocycles. The number of benzene rings is 1. The molecule has 41 heavy (non-hydrogen) atoms. The molecule has 220 valence electrons. The van der Waals surface area contributed by atoms with Crippen LogP contribution >= 0.6 is 0 Å². The normalized spacial score (nSPS) is 20.7. The van der Waals surface area contributed by atoms with Crippen molar-refractivity contribution in [3.63, 3.8) is 0 Å². The van der Waals surface area contributed by atoms with Crippen LogP contribution in [0.15, 0.2) is 36.5 Å². The second-order valence-corrected chi connectivity index (χ2v) is 11.8. The van der Waals surface area contributed by atoms with E-state index >= 15 is 0 Å². The van der Waals surface area contributed by atoms with E-state index in [0.29, 0.717) is 61.1 Å². The van der Waals surface area contributed by atoms with Crippen molar-refractivity contribution < 1.29 is 23.8 Å². The van der Waals surface area contributed by atoms with E-state index in [0.717, 1.165) is 38.0 Å². The van der Waals surface area contributed by atoms with Gasteiger partial charge in [0.1, 0.15) is 17.9 Å². The summed E-state index contributed by atoms with van der Waals surface area (Å²) in [5.74, 6) is -0.125. The van der Waals surface area contributed by atoms with Crippen molar-refractivity contribution in [3.8, 4) is 5.88 Å². The Bertz CT molecular complexity index is 1370. The van der Waals surface area contributed by atoms with Crippen LogP contribution in [-0.2, 0) is 4.79 Å². The SMILES string of the molecule is CC(C)(O)C1CCN(CCOc2cc3c(cn2)nc(NC(=O)c2ccc(F)cc2)n3C2CCC(C(N)=O)CC2)CC1. The maximum absolute atomic E-state index is 13.4. The quantitative estimate of drug-likeness (QED) is 0.357. The Labute approximate surface area is 239 Å². The van der Waals surface area contributed by atoms with Crippen LogP contribution in [-0.4, -0.2) is 68.2 Å². The first-order valence-corrected chi connectivity index (χ1v) is 14.4. The Morgan fingerprint density at radius 2 is 1.80 bits per heavy atom. The Morgan fingerprint density at radius 1 is 1.12 bits per heavy atom. The molecule has 5 rings (SSSR count). The molecule has 2 fully saturated rings. The predicted octanol–water partition coefficient (Wildman–Crippen LogP) is 3.90. The highest BCUT2D eigenvalue weighted by Gasteiger charge is 2.31. The van der Waals surface area contributed by atoms with Gasteiger partial charge >= 0.3 is 0 Å². The summed E-state index contributed by atoms with van der Waals surface area (Å²) in [6.07, 6.45) is 6.27. The Hall–Kier alpha value is -3.57. The molecule has 1 saturated heterocycles. The number of rotatable bonds is 9. The Balaban J connectivity index is 1.32. The third-order valence-corrected chi connectivity index (χ3v) is 8.59. The van der Waals surface area contributed by atoms with Gasteiger partial charge in [-0.15, -0.1) is 0 Å². The van der Waals surface area contributed by atoms with Crippen molar-refractivity contribution in [1.82, 2.24) is 19.4 Å². The summed E-state index contributed by atoms with van der Waals surface area (Å²) < 4.78 is 21.4. The third-order valence-electron chi connectivity index (χ3n) is 8.59. The van der Waals surface area contributed by atoms with Gasteiger partial charge in [-0.1, -0.05) is 0 Å². The van der Waals surface area contributed by atoms with Crippen molar-refractivity contribution in [3.05, 3.63) is 47.9 Å². The number of nitrogens with one attached hydrogen (secondary N) is 1. The average molecular weight is 567 g/mol. The van der Waals surface area contributed by atoms with Crippen molar-refractivity contribution in [1.29, 1.82) is 0 Å². The average Bonchev–Trinajstić information content (AvgIpc) is 3.30. The highest BCUT2D eigenvalue weighted by molar-refractivity contribution is 6.04. The van der Waals surface area contributed by atoms with Crippen LogP contribution in [0, 0.1) is 17.7 Å². The number of carbonyl (C=O) groups is 2. The largest absolute Gasteiger partial charge is 0.476 e. The lowest BCUT2D eigenvalue weighted by Gasteiger charge is -2.37. The lowest BCUT2D eigenvalue weighted by atomic mass is 9.83. The fourth-order valence-corrected chi connectivity index (χ4v) is 6.05. The zero-order valence-corrected chi connectivity index (χ0v) is 23.7. The first-order valence-electron chi connectivity index (χ1n) is 14.4. The number of primary amides is 1. The Kier molecular flexibility index (Phi) is 8.55. The van der Waals surface area contributed by atoms with Gasteiger partial charge in [0.2, 0.25) is 17.7 Å². The zero-order chi connectivity index (χ0) is 29.1. The lowest BCUT2D eigenvalue weighted by molar-refractivity contribution is -0.122. The number of hydrogen-bond donors (Lipinski definition) is 3. The topological polar surface area (TPSA) is 136 Å². The molecule has 0 atom stereocenters. The lowest BCUT2D eigenvalue weighted by Crippen LogP contribution is -2.43. The summed E-state index contributed by atoms with van der Waals surface area (Å²) >= 11 is 0. The second-order valence-electron chi connectivity index (χ2n) is 11.8. The molecule has 11 heteroatoms. The summed E-state index contributed by atoms with van der Waals surface area (Å²) in [7, 11) is 0. The van der Waals surface area contributed by atoms with Gasteiger partial charge in [-0.25, -0.2) is 14.4 Å². The van der Waals surface area contributed by atoms with Gasteiger partial charge in [-0.3, -0.25) is 19.8 Å². The number of likely N-dealkylation sites (tertiary alicyclic amines) is 1. The van der Waals surface area contributed by atoms with E-state index in [2.05, 4.69) is 20.2 Å². The summed E-state index contributed by atoms with van der Waals surface area (Å²) in [4.78, 5) is 36.2. The van der Waals surface area contributed by atoms with Crippen molar-refractivity contribution in [2.24, 2.45) is 17.6 Å². The van der Waals surface area contributed by atoms with E-state index in [4.69, 9.17) is 10.5 Å². The third kappa shape index (κ3) is 6.84. The predicted molar refractivity (Wildman–Crippen MR) is 153 cm³/mol. The Morgan fingerprint density at radius 3 is 2.44 bits per heavy atom. The maximum Gasteiger partial charge on any atom is 0.257 e. The molecule has 1 aliphatic carbocycles. The molecule has 0 bridgehead atoms. The van der Waals surface area contributed by atoms with Gasteiger partial charge in [-0.05, 0) is 95.6 Å². The molecular weight excluding hydrogens is 527 g/mol. The highest BCUT2D eigenvalue weighted by atomic mass is 19.1. The van der Waals surface area contributed by atoms with E-state index in [1.807, 2.05) is 24.5 Å². The number of carbonyl (C=O) groups excluding carboxylic acids is 2. The molecule has 2 aromatic heterocycles. The number of pyridine rings is 1. The minimum Gasteiger partial charge on any atom is -0.476 e. The van der Waals surface area contributed by atoms with Crippen LogP contribution in [0.1, 0.15) is 68.8 Å². The van der Waals surface area contributed by atoms with E-state index in [-0.39, 0.29) is 17.9 Å². The number of nitrogens with two attached hydrogens (primary N) is 1. The number of aliphatic hydroxyl groups is 1. The van der Waals surface area contributed by atoms with Gasteiger partial charge in [0.05, 0.1) is 17.3 Å². The van der Waals surface area contributed by atoms with E-state index in [1.165, 1.54) is 24.3 Å². The summed E-state index contributed by atoms with van der Waals surface area (Å²) in [6, 6.07) is 7.17. The number of amides is 2. The first-order chi connectivity index (χ1) is 19.6. The van der Waals surface area contributed by atoms with Crippen LogP contribution in [0.5, 0.6) is 5.88 Å². The molecule has 0 radical (unpaired) electrons. The zero-order valence-electron chi connectivity index (χ0n) is 23.7. The number of imidazole rings is 1. The van der Waals surface area contributed by atoms with Gasteiger partial charge in [0.25, 0.3) is 5.91 Å². The van der Waals surface area contributed by atoms with Crippen LogP contribution < -0.4 is 15.8 Å². The summed E-state index contributed by atoms with van der Waals surface area (Å²) in [5, 5.41) is 13.2. The van der Waals surface area contributed by atoms with Crippen molar-refractivity contribution in [2.75, 3.05) is 31.6 Å². The van der Waals surface area contributed by atoms with E-state index in [9.17, 15) is 19.1 Å². The molecule has 3 aromatic rings. The van der Waals surface area contributed by atoms with E-state index in [1.54, 1.807) is 6.20 Å². The molecule has 0 spiro atoms. The number of aromatic nitrogens is 3. The van der Waals surface area contributed by atoms with Crippen LogP contribution in [0.3, 0.4) is 0 Å². The summed E-state index contributed by atoms with van der Waals surface area (Å²) in [5.41, 5.74) is 6.61. The minimum absolute atomic E-state index is 0.00793. The highest BCUT2D eigenvalue weighted by Crippen LogP contribution is 2.37. The second kappa shape index (κ2) is 12.1. The first kappa shape index (κ1) is 28.9. The fourth-order valence-electron chi connectivity index (χ4n) is 6.05. The molecule has 1 aromatic carbocycles. The maximum atomic E-state index is 13.4. The number of hydrogen-bond acceptors (Lipinski definition) is 7. The van der Waals surface area contributed by atoms with Crippen molar-refractivity contribution >= 4 is 28.8 Å². The van der Waals surface area contributed by atoms with Gasteiger partial charge in [0, 0.05) is 30.1 Å². The minimum atomic E-state index is -0.651. The standard InChI is InChI=1S/C30H39FN6O4/c1-30(2,40)21-11-13-36(14-12-21)15-16-41-26-17-25-24(18-33-26)34-29(35-28(39)20-3-7-22(31)8-4-20)37(25)23-9-5-19(6-10-23)27(32)38/h3-4,7-8,17-19,21,23,40H,5-6,9-16H2,1-2H3,(H2,32,38)(H,34,35,39). The number of fused-ring (bicyclic) bond motifs is 1. The molecule has 0 unspecified atom stereocenters. The number of ether oxygens (including phenoxy) is 1. The van der Waals surface area contributed by atoms with Gasteiger partial charge in [-0.2, -0.15) is 0 Å². The number of anilines is 1. The number of piperidine rings is 1. The van der Waals surface area contributed by atoms with Crippen molar-refractivity contribution in [2.45, 2.75) is 64.0 Å². The van der Waals surface area contributed by atoms with E-state index < -0.39 is 17.3 Å². The van der Waals surface area contributed by atoms with Crippen LogP contribution in [0.2, 0.25) is 0 Å². The number of nitrogens with zero attached hydrogens (tertiary/aromatic N) is 4. The van der Waals surface area contributed by atoms with Crippen LogP contribution in [0.25, 0.3) is 11.0 Å². The smallest absolute Gasteiger partial charge is 0.257 e. The fraction of sp³-hybridized carbons (Fsp3) is 0.533. The molecule has 1 saturated carbocycles. The molecule has 4 N–H and O–H groups in total. The molecule has 3 heterocycles. The van der Waals surface area contributed by atoms with Gasteiger partial charge in [0.15, 0.2) is 0 Å². The summed E-state index contributed by atoms with van der Waals surface area (Å²) in [6.45, 7) is 6.83. The molecular formula is C30H39FN6O4.